The lowest BCUT2D eigenvalue weighted by Crippen LogP contribution is -2.78. The average molecular weight is 505 g/mol. The zero-order valence-electron chi connectivity index (χ0n) is 22.4. The van der Waals surface area contributed by atoms with Gasteiger partial charge in [-0.1, -0.05) is 94.0 Å². The summed E-state index contributed by atoms with van der Waals surface area (Å²) in [6.07, 6.45) is 19.5. The van der Waals surface area contributed by atoms with Crippen molar-refractivity contribution < 1.29 is 9.70 Å². The molecule has 0 aromatic heterocycles. The zero-order valence-corrected chi connectivity index (χ0v) is 24.0. The molecule has 1 heterocycles. The van der Waals surface area contributed by atoms with Gasteiger partial charge >= 0.3 is 0 Å². The van der Waals surface area contributed by atoms with Gasteiger partial charge in [0, 0.05) is 12.8 Å². The Bertz CT molecular complexity index is 501. The molecule has 186 valence electrons. The molecule has 1 aliphatic rings. The van der Waals surface area contributed by atoms with Crippen LogP contribution in [0.1, 0.15) is 138 Å². The monoisotopic (exact) mass is 503 g/mol. The molecule has 0 radical (unpaired) electrons. The molecule has 1 aliphatic heterocycles. The molecule has 0 saturated carbocycles. The smallest absolute Gasteiger partial charge is 0.142 e. The fraction of sp³-hybridized carbons (Fsp3) is 1.00. The van der Waals surface area contributed by atoms with Crippen molar-refractivity contribution in [1.29, 1.82) is 0 Å². The van der Waals surface area contributed by atoms with Gasteiger partial charge in [-0.05, 0) is 47.0 Å². The molecule has 1 N–H and O–H groups in total. The number of rotatable bonds is 15. The van der Waals surface area contributed by atoms with Crippen LogP contribution in [0.15, 0.2) is 0 Å². The van der Waals surface area contributed by atoms with E-state index in [4.69, 9.17) is 0 Å². The van der Waals surface area contributed by atoms with Crippen molar-refractivity contribution in [2.45, 2.75) is 159 Å². The number of nitrogens with zero attached hydrogens (tertiary/aromatic N) is 2. The number of unbranched alkanes of at least 4 members (excludes halogenated alkanes) is 9. The van der Waals surface area contributed by atoms with Crippen LogP contribution in [0.3, 0.4) is 0 Å². The van der Waals surface area contributed by atoms with Crippen molar-refractivity contribution in [2.24, 2.45) is 0 Å². The summed E-state index contributed by atoms with van der Waals surface area (Å²) in [5.74, 6) is 0. The molecule has 1 saturated heterocycles. The summed E-state index contributed by atoms with van der Waals surface area (Å²) < 4.78 is 0.0120. The Labute approximate surface area is 204 Å². The largest absolute Gasteiger partial charge is 0.377 e. The minimum Gasteiger partial charge on any atom is -0.377 e. The summed E-state index contributed by atoms with van der Waals surface area (Å²) in [5, 5.41) is 13.8. The van der Waals surface area contributed by atoms with E-state index in [-0.39, 0.29) is 11.1 Å². The number of quaternary nitrogens is 1. The van der Waals surface area contributed by atoms with E-state index in [1.807, 2.05) is 0 Å². The van der Waals surface area contributed by atoms with Crippen molar-refractivity contribution in [2.75, 3.05) is 14.1 Å². The van der Waals surface area contributed by atoms with Crippen molar-refractivity contribution in [3.05, 3.63) is 0 Å². The fourth-order valence-electron chi connectivity index (χ4n) is 6.28. The average Bonchev–Trinajstić information content (AvgIpc) is 2.65. The maximum atomic E-state index is 11.2. The van der Waals surface area contributed by atoms with Gasteiger partial charge in [-0.25, -0.2) is 4.59 Å². The van der Waals surface area contributed by atoms with Gasteiger partial charge in [-0.15, -0.1) is 5.01 Å². The minimum absolute atomic E-state index is 0.0523. The first kappa shape index (κ1) is 29.4. The van der Waals surface area contributed by atoms with Crippen LogP contribution in [-0.4, -0.2) is 50.4 Å². The predicted octanol–water partition coefficient (Wildman–Crippen LogP) is 8.19. The van der Waals surface area contributed by atoms with Crippen molar-refractivity contribution in [3.63, 3.8) is 0 Å². The Balaban J connectivity index is 2.67. The van der Waals surface area contributed by atoms with E-state index in [2.05, 4.69) is 76.6 Å². The molecule has 1 fully saturated rings. The van der Waals surface area contributed by atoms with Crippen molar-refractivity contribution in [1.82, 2.24) is 5.01 Å². The maximum Gasteiger partial charge on any atom is 0.142 e. The number of piperidine rings is 1. The standard InChI is InChI=1S/C27H56BrN2O/c1-9-11-12-13-14-15-16-17-18-19-21-24(20-10-2)30(7,8)29-25(3,4)22-23-27(28,31)26(29,5)6/h24,31H,9-23H2,1-8H3/q+1. The molecule has 0 spiro atoms. The highest BCUT2D eigenvalue weighted by Crippen LogP contribution is 2.50. The molecule has 3 nitrogen and oxygen atoms in total. The van der Waals surface area contributed by atoms with E-state index >= 15 is 0 Å². The molecule has 0 amide bonds. The summed E-state index contributed by atoms with van der Waals surface area (Å²) in [6, 6.07) is 0.596. The van der Waals surface area contributed by atoms with Crippen LogP contribution in [0.2, 0.25) is 0 Å². The van der Waals surface area contributed by atoms with Gasteiger partial charge in [-0.2, -0.15) is 0 Å². The predicted molar refractivity (Wildman–Crippen MR) is 140 cm³/mol. The Hall–Kier alpha value is 0.360. The Kier molecular flexibility index (Phi) is 12.1. The molecule has 0 aliphatic carbocycles. The topological polar surface area (TPSA) is 23.5 Å². The second-order valence-corrected chi connectivity index (χ2v) is 13.1. The Morgan fingerprint density at radius 2 is 1.26 bits per heavy atom. The van der Waals surface area contributed by atoms with Gasteiger partial charge in [0.25, 0.3) is 0 Å². The van der Waals surface area contributed by atoms with E-state index in [1.54, 1.807) is 0 Å². The SMILES string of the molecule is CCCCCCCCCCCCC(CCC)[N+](C)(C)N1C(C)(C)CCC(O)(Br)C1(C)C. The molecule has 0 bridgehead atoms. The Morgan fingerprint density at radius 3 is 1.74 bits per heavy atom. The molecule has 31 heavy (non-hydrogen) atoms. The van der Waals surface area contributed by atoms with Crippen LogP contribution >= 0.6 is 15.9 Å². The Morgan fingerprint density at radius 1 is 0.774 bits per heavy atom. The fourth-order valence-corrected chi connectivity index (χ4v) is 6.65. The number of hydrogen-bond acceptors (Lipinski definition) is 2. The van der Waals surface area contributed by atoms with Crippen LogP contribution < -0.4 is 0 Å². The molecule has 0 aromatic rings. The molecular formula is C27H56BrN2O+. The number of alkyl halides is 1. The van der Waals surface area contributed by atoms with Gasteiger partial charge in [0.15, 0.2) is 0 Å². The third-order valence-electron chi connectivity index (χ3n) is 8.03. The quantitative estimate of drug-likeness (QED) is 0.138. The van der Waals surface area contributed by atoms with Crippen LogP contribution in [0.25, 0.3) is 0 Å². The molecule has 2 atom stereocenters. The summed E-state index contributed by atoms with van der Waals surface area (Å²) in [6.45, 7) is 13.8. The van der Waals surface area contributed by atoms with Crippen LogP contribution in [-0.2, 0) is 0 Å². The molecule has 0 aromatic carbocycles. The first-order chi connectivity index (χ1) is 14.3. The first-order valence-corrected chi connectivity index (χ1v) is 14.2. The third-order valence-corrected chi connectivity index (χ3v) is 9.40. The summed E-state index contributed by atoms with van der Waals surface area (Å²) in [4.78, 5) is 0. The highest BCUT2D eigenvalue weighted by Gasteiger charge is 2.61. The first-order valence-electron chi connectivity index (χ1n) is 13.4. The second kappa shape index (κ2) is 12.7. The highest BCUT2D eigenvalue weighted by molar-refractivity contribution is 9.10. The summed E-state index contributed by atoms with van der Waals surface area (Å²) in [5.41, 5.74) is -0.293. The van der Waals surface area contributed by atoms with E-state index in [1.165, 1.54) is 83.5 Å². The van der Waals surface area contributed by atoms with Crippen molar-refractivity contribution in [3.8, 4) is 0 Å². The van der Waals surface area contributed by atoms with Crippen molar-refractivity contribution >= 4 is 15.9 Å². The van der Waals surface area contributed by atoms with Gasteiger partial charge < -0.3 is 5.11 Å². The zero-order chi connectivity index (χ0) is 23.8. The van der Waals surface area contributed by atoms with E-state index < -0.39 is 4.51 Å². The maximum absolute atomic E-state index is 11.2. The number of halogens is 1. The van der Waals surface area contributed by atoms with Crippen LogP contribution in [0.5, 0.6) is 0 Å². The normalized spacial score (nSPS) is 25.0. The van der Waals surface area contributed by atoms with Crippen LogP contribution in [0.4, 0.5) is 0 Å². The van der Waals surface area contributed by atoms with Gasteiger partial charge in [0.2, 0.25) is 0 Å². The number of aliphatic hydroxyl groups is 1. The summed E-state index contributed by atoms with van der Waals surface area (Å²) in [7, 11) is 4.77. The van der Waals surface area contributed by atoms with Crippen LogP contribution in [0, 0.1) is 0 Å². The summed E-state index contributed by atoms with van der Waals surface area (Å²) >= 11 is 3.70. The van der Waals surface area contributed by atoms with E-state index in [0.29, 0.717) is 6.04 Å². The second-order valence-electron chi connectivity index (χ2n) is 11.8. The lowest BCUT2D eigenvalue weighted by molar-refractivity contribution is -1.04. The lowest BCUT2D eigenvalue weighted by Gasteiger charge is -2.63. The van der Waals surface area contributed by atoms with E-state index in [9.17, 15) is 5.11 Å². The molecule has 2 unspecified atom stereocenters. The molecular weight excluding hydrogens is 448 g/mol. The van der Waals surface area contributed by atoms with Gasteiger partial charge in [0.05, 0.1) is 19.6 Å². The number of hydrogen-bond donors (Lipinski definition) is 1. The highest BCUT2D eigenvalue weighted by atomic mass is 79.9. The van der Waals surface area contributed by atoms with E-state index in [0.717, 1.165) is 17.4 Å². The van der Waals surface area contributed by atoms with Gasteiger partial charge in [-0.3, -0.25) is 0 Å². The molecule has 4 heteroatoms. The van der Waals surface area contributed by atoms with Gasteiger partial charge in [0.1, 0.15) is 16.1 Å². The minimum atomic E-state index is -0.848. The lowest BCUT2D eigenvalue weighted by atomic mass is 9.78. The molecule has 1 rings (SSSR count). The third kappa shape index (κ3) is 7.97.